The number of sulfonamides is 1. The highest BCUT2D eigenvalue weighted by molar-refractivity contribution is 7.89. The minimum Gasteiger partial charge on any atom is -0.375 e. The highest BCUT2D eigenvalue weighted by Crippen LogP contribution is 2.18. The minimum absolute atomic E-state index is 0.124. The molecule has 1 saturated heterocycles. The van der Waals surface area contributed by atoms with Crippen molar-refractivity contribution in [1.29, 1.82) is 0 Å². The van der Waals surface area contributed by atoms with Crippen LogP contribution in [0, 0.1) is 6.92 Å². The van der Waals surface area contributed by atoms with Gasteiger partial charge in [0.15, 0.2) is 0 Å². The van der Waals surface area contributed by atoms with Crippen molar-refractivity contribution < 1.29 is 17.9 Å². The zero-order valence-electron chi connectivity index (χ0n) is 13.5. The van der Waals surface area contributed by atoms with Gasteiger partial charge in [-0.2, -0.15) is 0 Å². The highest BCUT2D eigenvalue weighted by Gasteiger charge is 2.36. The second kappa shape index (κ2) is 7.44. The van der Waals surface area contributed by atoms with E-state index in [2.05, 4.69) is 4.72 Å². The van der Waals surface area contributed by atoms with E-state index in [1.807, 2.05) is 37.3 Å². The molecule has 3 rings (SSSR count). The predicted octanol–water partition coefficient (Wildman–Crippen LogP) is 2.26. The third-order valence-corrected chi connectivity index (χ3v) is 5.36. The van der Waals surface area contributed by atoms with E-state index >= 15 is 0 Å². The topological polar surface area (TPSA) is 67.9 Å². The Hall–Kier alpha value is -1.73. The molecule has 1 heterocycles. The molecule has 0 unspecified atom stereocenters. The predicted molar refractivity (Wildman–Crippen MR) is 91.1 cm³/mol. The third kappa shape index (κ3) is 4.64. The quantitative estimate of drug-likeness (QED) is 0.744. The van der Waals surface area contributed by atoms with Crippen molar-refractivity contribution in [2.24, 2.45) is 0 Å². The van der Waals surface area contributed by atoms with Crippen molar-refractivity contribution in [3.05, 3.63) is 65.7 Å². The molecule has 0 amide bonds. The normalized spacial score (nSPS) is 18.3. The van der Waals surface area contributed by atoms with Gasteiger partial charge in [0.25, 0.3) is 0 Å². The van der Waals surface area contributed by atoms with Gasteiger partial charge in [0.1, 0.15) is 0 Å². The number of hydrogen-bond donors (Lipinski definition) is 1. The van der Waals surface area contributed by atoms with E-state index in [1.165, 1.54) is 0 Å². The Morgan fingerprint density at radius 2 is 1.83 bits per heavy atom. The van der Waals surface area contributed by atoms with E-state index < -0.39 is 10.0 Å². The summed E-state index contributed by atoms with van der Waals surface area (Å²) in [5, 5.41) is 0. The van der Waals surface area contributed by atoms with Crippen LogP contribution in [0.1, 0.15) is 11.1 Å². The second-order valence-corrected chi connectivity index (χ2v) is 7.63. The van der Waals surface area contributed by atoms with E-state index in [1.54, 1.807) is 24.3 Å². The molecule has 0 aliphatic carbocycles. The van der Waals surface area contributed by atoms with Gasteiger partial charge in [-0.25, -0.2) is 13.1 Å². The Bertz CT molecular complexity index is 755. The van der Waals surface area contributed by atoms with Crippen LogP contribution in [-0.4, -0.2) is 33.8 Å². The summed E-state index contributed by atoms with van der Waals surface area (Å²) in [6.07, 6.45) is -0.124. The van der Waals surface area contributed by atoms with Gasteiger partial charge < -0.3 is 9.47 Å². The second-order valence-electron chi connectivity index (χ2n) is 5.91. The molecule has 1 fully saturated rings. The van der Waals surface area contributed by atoms with E-state index in [9.17, 15) is 8.42 Å². The third-order valence-electron chi connectivity index (χ3n) is 3.85. The lowest BCUT2D eigenvalue weighted by Gasteiger charge is -2.17. The average molecular weight is 347 g/mol. The van der Waals surface area contributed by atoms with Gasteiger partial charge in [-0.1, -0.05) is 48.0 Å². The maximum absolute atomic E-state index is 12.5. The van der Waals surface area contributed by atoms with Gasteiger partial charge >= 0.3 is 0 Å². The summed E-state index contributed by atoms with van der Waals surface area (Å²) in [6.45, 7) is 3.18. The minimum atomic E-state index is -3.59. The maximum atomic E-state index is 12.5. The molecule has 1 aliphatic heterocycles. The first kappa shape index (κ1) is 17.1. The van der Waals surface area contributed by atoms with E-state index in [4.69, 9.17) is 9.47 Å². The van der Waals surface area contributed by atoms with Crippen LogP contribution in [0.2, 0.25) is 0 Å². The monoisotopic (exact) mass is 347 g/mol. The average Bonchev–Trinajstić information content (AvgIpc) is 3.40. The fraction of sp³-hybridized carbons (Fsp3) is 0.333. The summed E-state index contributed by atoms with van der Waals surface area (Å²) >= 11 is 0. The fourth-order valence-corrected chi connectivity index (χ4v) is 3.62. The van der Waals surface area contributed by atoms with Crippen molar-refractivity contribution in [2.75, 3.05) is 13.2 Å². The molecule has 0 spiro atoms. The standard InChI is InChI=1S/C18H21NO4S/c1-14-7-9-16(10-8-14)24(20,21)19-17(18-13-23-18)12-22-11-15-5-3-2-4-6-15/h2-10,17-19H,11-13H2,1H3/t17-,18-/m1/s1. The summed E-state index contributed by atoms with van der Waals surface area (Å²) < 4.78 is 38.6. The van der Waals surface area contributed by atoms with E-state index in [0.29, 0.717) is 13.2 Å². The summed E-state index contributed by atoms with van der Waals surface area (Å²) in [5.41, 5.74) is 2.07. The maximum Gasteiger partial charge on any atom is 0.240 e. The van der Waals surface area contributed by atoms with Crippen molar-refractivity contribution in [1.82, 2.24) is 4.72 Å². The lowest BCUT2D eigenvalue weighted by Crippen LogP contribution is -2.42. The highest BCUT2D eigenvalue weighted by atomic mass is 32.2. The molecular formula is C18H21NO4S. The van der Waals surface area contributed by atoms with Gasteiger partial charge in [0.2, 0.25) is 10.0 Å². The largest absolute Gasteiger partial charge is 0.375 e. The molecule has 0 aromatic heterocycles. The number of rotatable bonds is 8. The number of hydrogen-bond acceptors (Lipinski definition) is 4. The number of nitrogens with one attached hydrogen (secondary N) is 1. The first-order chi connectivity index (χ1) is 11.5. The lowest BCUT2D eigenvalue weighted by molar-refractivity contribution is 0.0961. The molecule has 24 heavy (non-hydrogen) atoms. The zero-order valence-corrected chi connectivity index (χ0v) is 14.3. The van der Waals surface area contributed by atoms with E-state index in [-0.39, 0.29) is 23.6 Å². The molecule has 0 saturated carbocycles. The Kier molecular flexibility index (Phi) is 5.30. The molecule has 1 aliphatic rings. The molecule has 0 radical (unpaired) electrons. The van der Waals surface area contributed by atoms with Gasteiger partial charge in [0.05, 0.1) is 36.9 Å². The molecular weight excluding hydrogens is 326 g/mol. The van der Waals surface area contributed by atoms with Crippen LogP contribution in [0.15, 0.2) is 59.5 Å². The van der Waals surface area contributed by atoms with Crippen molar-refractivity contribution in [2.45, 2.75) is 30.6 Å². The van der Waals surface area contributed by atoms with Crippen LogP contribution in [-0.2, 0) is 26.1 Å². The molecule has 1 N–H and O–H groups in total. The van der Waals surface area contributed by atoms with Crippen molar-refractivity contribution >= 4 is 10.0 Å². The van der Waals surface area contributed by atoms with Gasteiger partial charge in [-0.3, -0.25) is 0 Å². The molecule has 5 nitrogen and oxygen atoms in total. The van der Waals surface area contributed by atoms with Crippen LogP contribution in [0.5, 0.6) is 0 Å². The first-order valence-corrected chi connectivity index (χ1v) is 9.35. The summed E-state index contributed by atoms with van der Waals surface area (Å²) in [6, 6.07) is 16.2. The van der Waals surface area contributed by atoms with Gasteiger partial charge in [0, 0.05) is 0 Å². The van der Waals surface area contributed by atoms with Crippen LogP contribution in [0.25, 0.3) is 0 Å². The molecule has 6 heteroatoms. The number of benzene rings is 2. The summed E-state index contributed by atoms with van der Waals surface area (Å²) in [5.74, 6) is 0. The Morgan fingerprint density at radius 3 is 2.46 bits per heavy atom. The van der Waals surface area contributed by atoms with Crippen molar-refractivity contribution in [3.8, 4) is 0 Å². The molecule has 2 atom stereocenters. The van der Waals surface area contributed by atoms with Crippen LogP contribution >= 0.6 is 0 Å². The number of epoxide rings is 1. The Balaban J connectivity index is 1.60. The molecule has 2 aromatic carbocycles. The van der Waals surface area contributed by atoms with Gasteiger partial charge in [-0.05, 0) is 24.6 Å². The summed E-state index contributed by atoms with van der Waals surface area (Å²) in [4.78, 5) is 0.252. The van der Waals surface area contributed by atoms with Crippen LogP contribution < -0.4 is 4.72 Å². The van der Waals surface area contributed by atoms with Crippen molar-refractivity contribution in [3.63, 3.8) is 0 Å². The lowest BCUT2D eigenvalue weighted by atomic mass is 10.2. The summed E-state index contributed by atoms with van der Waals surface area (Å²) in [7, 11) is -3.59. The molecule has 2 aromatic rings. The molecule has 0 bridgehead atoms. The van der Waals surface area contributed by atoms with Gasteiger partial charge in [-0.15, -0.1) is 0 Å². The fourth-order valence-electron chi connectivity index (χ4n) is 2.37. The van der Waals surface area contributed by atoms with Crippen LogP contribution in [0.4, 0.5) is 0 Å². The SMILES string of the molecule is Cc1ccc(S(=O)(=O)N[C@H](COCc2ccccc2)[C@H]2CO2)cc1. The Morgan fingerprint density at radius 1 is 1.17 bits per heavy atom. The van der Waals surface area contributed by atoms with Crippen LogP contribution in [0.3, 0.4) is 0 Å². The number of aryl methyl sites for hydroxylation is 1. The van der Waals surface area contributed by atoms with E-state index in [0.717, 1.165) is 11.1 Å². The first-order valence-electron chi connectivity index (χ1n) is 7.87. The number of ether oxygens (including phenoxy) is 2. The smallest absolute Gasteiger partial charge is 0.240 e. The molecule has 128 valence electrons. The zero-order chi connectivity index (χ0) is 17.0. The Labute approximate surface area is 142 Å².